The van der Waals surface area contributed by atoms with Crippen LogP contribution in [0.15, 0.2) is 0 Å². The Morgan fingerprint density at radius 1 is 1.19 bits per heavy atom. The normalized spacial score (nSPS) is 29.6. The Morgan fingerprint density at radius 3 is 2.31 bits per heavy atom. The lowest BCUT2D eigenvalue weighted by atomic mass is 9.71. The lowest BCUT2D eigenvalue weighted by Gasteiger charge is -2.39. The number of hydrogen-bond donors (Lipinski definition) is 0. The van der Waals surface area contributed by atoms with Crippen molar-refractivity contribution in [1.82, 2.24) is 0 Å². The first kappa shape index (κ1) is 13.9. The third-order valence-corrected chi connectivity index (χ3v) is 3.34. The molecule has 1 saturated carbocycles. The van der Waals surface area contributed by atoms with E-state index in [4.69, 9.17) is 14.2 Å². The summed E-state index contributed by atoms with van der Waals surface area (Å²) >= 11 is 0. The summed E-state index contributed by atoms with van der Waals surface area (Å²) < 4.78 is 16.1. The fraction of sp³-hybridized carbons (Fsp3) is 1.00. The summed E-state index contributed by atoms with van der Waals surface area (Å²) in [4.78, 5) is 0. The van der Waals surface area contributed by atoms with Crippen LogP contribution in [0.4, 0.5) is 0 Å². The van der Waals surface area contributed by atoms with Crippen LogP contribution in [0, 0.1) is 11.3 Å². The molecule has 96 valence electrons. The Labute approximate surface area is 99.5 Å². The Hall–Kier alpha value is -0.120. The van der Waals surface area contributed by atoms with Crippen molar-refractivity contribution in [3.63, 3.8) is 0 Å². The second-order valence-electron chi connectivity index (χ2n) is 5.77. The first-order valence-electron chi connectivity index (χ1n) is 6.14. The summed E-state index contributed by atoms with van der Waals surface area (Å²) in [6, 6.07) is 0. The monoisotopic (exact) mass is 230 g/mol. The molecule has 1 aliphatic carbocycles. The van der Waals surface area contributed by atoms with Crippen molar-refractivity contribution in [3.8, 4) is 0 Å². The minimum atomic E-state index is -0.236. The largest absolute Gasteiger partial charge is 0.373 e. The fourth-order valence-corrected chi connectivity index (χ4v) is 2.83. The molecule has 0 amide bonds. The average molecular weight is 230 g/mol. The van der Waals surface area contributed by atoms with Gasteiger partial charge in [-0.2, -0.15) is 0 Å². The third kappa shape index (κ3) is 4.40. The lowest BCUT2D eigenvalue weighted by Crippen LogP contribution is -2.34. The Morgan fingerprint density at radius 2 is 1.81 bits per heavy atom. The zero-order valence-corrected chi connectivity index (χ0v) is 11.3. The SMILES string of the molecule is COC(COC1CC(C)CC(C)(C)C1)OC. The molecule has 0 aromatic carbocycles. The van der Waals surface area contributed by atoms with Gasteiger partial charge in [0.05, 0.1) is 12.7 Å². The highest BCUT2D eigenvalue weighted by Crippen LogP contribution is 2.39. The van der Waals surface area contributed by atoms with Crippen molar-refractivity contribution >= 4 is 0 Å². The fourth-order valence-electron chi connectivity index (χ4n) is 2.83. The Kier molecular flexibility index (Phi) is 5.22. The minimum Gasteiger partial charge on any atom is -0.373 e. The number of hydrogen-bond acceptors (Lipinski definition) is 3. The minimum absolute atomic E-state index is 0.236. The average Bonchev–Trinajstić information content (AvgIpc) is 2.16. The van der Waals surface area contributed by atoms with Crippen LogP contribution in [0.1, 0.15) is 40.0 Å². The molecule has 0 radical (unpaired) electrons. The summed E-state index contributed by atoms with van der Waals surface area (Å²) in [6.45, 7) is 7.48. The van der Waals surface area contributed by atoms with E-state index in [9.17, 15) is 0 Å². The highest BCUT2D eigenvalue weighted by Gasteiger charge is 2.32. The van der Waals surface area contributed by atoms with Gasteiger partial charge >= 0.3 is 0 Å². The lowest BCUT2D eigenvalue weighted by molar-refractivity contribution is -0.160. The van der Waals surface area contributed by atoms with Gasteiger partial charge in [-0.15, -0.1) is 0 Å². The van der Waals surface area contributed by atoms with Gasteiger partial charge < -0.3 is 14.2 Å². The first-order chi connectivity index (χ1) is 7.46. The van der Waals surface area contributed by atoms with Gasteiger partial charge in [0, 0.05) is 14.2 Å². The maximum absolute atomic E-state index is 5.88. The topological polar surface area (TPSA) is 27.7 Å². The van der Waals surface area contributed by atoms with Crippen LogP contribution < -0.4 is 0 Å². The third-order valence-electron chi connectivity index (χ3n) is 3.34. The van der Waals surface area contributed by atoms with Gasteiger partial charge in [0.2, 0.25) is 0 Å². The van der Waals surface area contributed by atoms with Crippen molar-refractivity contribution in [2.45, 2.75) is 52.4 Å². The zero-order valence-electron chi connectivity index (χ0n) is 11.3. The highest BCUT2D eigenvalue weighted by atomic mass is 16.7. The van der Waals surface area contributed by atoms with Crippen LogP contribution in [0.5, 0.6) is 0 Å². The molecule has 3 heteroatoms. The molecule has 0 aromatic heterocycles. The smallest absolute Gasteiger partial charge is 0.180 e. The van der Waals surface area contributed by atoms with Crippen LogP contribution in [0.2, 0.25) is 0 Å². The second kappa shape index (κ2) is 5.99. The molecule has 1 rings (SSSR count). The van der Waals surface area contributed by atoms with Gasteiger partial charge in [-0.25, -0.2) is 0 Å². The van der Waals surface area contributed by atoms with Crippen molar-refractivity contribution < 1.29 is 14.2 Å². The van der Waals surface area contributed by atoms with Crippen LogP contribution in [0.3, 0.4) is 0 Å². The van der Waals surface area contributed by atoms with Crippen molar-refractivity contribution in [3.05, 3.63) is 0 Å². The summed E-state index contributed by atoms with van der Waals surface area (Å²) in [5, 5.41) is 0. The summed E-state index contributed by atoms with van der Waals surface area (Å²) in [7, 11) is 3.29. The molecule has 1 aliphatic rings. The predicted octanol–water partition coefficient (Wildman–Crippen LogP) is 2.84. The van der Waals surface area contributed by atoms with E-state index in [0.717, 1.165) is 18.8 Å². The molecule has 0 heterocycles. The maximum atomic E-state index is 5.88. The molecule has 0 aromatic rings. The first-order valence-corrected chi connectivity index (χ1v) is 6.14. The van der Waals surface area contributed by atoms with Crippen LogP contribution in [-0.2, 0) is 14.2 Å². The van der Waals surface area contributed by atoms with Gasteiger partial charge in [-0.3, -0.25) is 0 Å². The summed E-state index contributed by atoms with van der Waals surface area (Å²) in [6.07, 6.45) is 3.71. The Bertz CT molecular complexity index is 199. The molecule has 2 atom stereocenters. The summed E-state index contributed by atoms with van der Waals surface area (Å²) in [5.41, 5.74) is 0.401. The molecule has 1 fully saturated rings. The predicted molar refractivity (Wildman–Crippen MR) is 64.3 cm³/mol. The molecule has 0 aliphatic heterocycles. The van der Waals surface area contributed by atoms with Crippen molar-refractivity contribution in [1.29, 1.82) is 0 Å². The van der Waals surface area contributed by atoms with Crippen LogP contribution in [-0.4, -0.2) is 33.2 Å². The number of methoxy groups -OCH3 is 2. The van der Waals surface area contributed by atoms with Gasteiger partial charge in [0.1, 0.15) is 0 Å². The molecular weight excluding hydrogens is 204 g/mol. The molecule has 0 bridgehead atoms. The molecule has 16 heavy (non-hydrogen) atoms. The van der Waals surface area contributed by atoms with E-state index in [1.54, 1.807) is 14.2 Å². The van der Waals surface area contributed by atoms with Crippen molar-refractivity contribution in [2.75, 3.05) is 20.8 Å². The quantitative estimate of drug-likeness (QED) is 0.680. The van der Waals surface area contributed by atoms with E-state index >= 15 is 0 Å². The molecule has 0 spiro atoms. The zero-order chi connectivity index (χ0) is 12.2. The standard InChI is InChI=1S/C13H26O3/c1-10-6-11(8-13(2,3)7-10)16-9-12(14-4)15-5/h10-12H,6-9H2,1-5H3. The molecule has 3 nitrogen and oxygen atoms in total. The van der Waals surface area contributed by atoms with Gasteiger partial charge in [0.25, 0.3) is 0 Å². The maximum Gasteiger partial charge on any atom is 0.180 e. The van der Waals surface area contributed by atoms with E-state index in [1.807, 2.05) is 0 Å². The number of ether oxygens (including phenoxy) is 3. The van der Waals surface area contributed by atoms with Crippen LogP contribution >= 0.6 is 0 Å². The molecular formula is C13H26O3. The second-order valence-corrected chi connectivity index (χ2v) is 5.77. The van der Waals surface area contributed by atoms with E-state index < -0.39 is 0 Å². The summed E-state index contributed by atoms with van der Waals surface area (Å²) in [5.74, 6) is 0.747. The molecule has 0 saturated heterocycles. The van der Waals surface area contributed by atoms with Gasteiger partial charge in [-0.1, -0.05) is 20.8 Å². The van der Waals surface area contributed by atoms with E-state index in [0.29, 0.717) is 18.1 Å². The van der Waals surface area contributed by atoms with Gasteiger partial charge in [0.15, 0.2) is 6.29 Å². The molecule has 2 unspecified atom stereocenters. The molecule has 0 N–H and O–H groups in total. The van der Waals surface area contributed by atoms with Crippen molar-refractivity contribution in [2.24, 2.45) is 11.3 Å². The van der Waals surface area contributed by atoms with Gasteiger partial charge in [-0.05, 0) is 30.6 Å². The highest BCUT2D eigenvalue weighted by molar-refractivity contribution is 4.83. The Balaban J connectivity index is 2.36. The van der Waals surface area contributed by atoms with E-state index in [2.05, 4.69) is 20.8 Å². The van der Waals surface area contributed by atoms with E-state index in [1.165, 1.54) is 6.42 Å². The van der Waals surface area contributed by atoms with E-state index in [-0.39, 0.29) is 6.29 Å². The number of rotatable bonds is 5. The van der Waals surface area contributed by atoms with Crippen LogP contribution in [0.25, 0.3) is 0 Å².